The summed E-state index contributed by atoms with van der Waals surface area (Å²) in [6.45, 7) is 0. The van der Waals surface area contributed by atoms with Crippen molar-refractivity contribution in [1.82, 2.24) is 4.57 Å². The van der Waals surface area contributed by atoms with Gasteiger partial charge in [0, 0.05) is 35.0 Å². The highest BCUT2D eigenvalue weighted by molar-refractivity contribution is 6.30. The summed E-state index contributed by atoms with van der Waals surface area (Å²) in [7, 11) is 0. The summed E-state index contributed by atoms with van der Waals surface area (Å²) in [5.41, 5.74) is 1.44. The summed E-state index contributed by atoms with van der Waals surface area (Å²) >= 11 is 5.92. The molecule has 4 aromatic rings. The Kier molecular flexibility index (Phi) is 6.40. The lowest BCUT2D eigenvalue weighted by molar-refractivity contribution is -0.122. The predicted molar refractivity (Wildman–Crippen MR) is 137 cm³/mol. The fraction of sp³-hybridized carbons (Fsp3) is 0.107. The molecule has 0 unspecified atom stereocenters. The van der Waals surface area contributed by atoms with Crippen molar-refractivity contribution in [3.8, 4) is 5.69 Å². The third-order valence-electron chi connectivity index (χ3n) is 6.23. The van der Waals surface area contributed by atoms with Gasteiger partial charge in [0.25, 0.3) is 5.56 Å². The van der Waals surface area contributed by atoms with E-state index in [-0.39, 0.29) is 23.1 Å². The molecule has 1 aliphatic rings. The topological polar surface area (TPSA) is 80.2 Å². The lowest BCUT2D eigenvalue weighted by Gasteiger charge is -2.10. The van der Waals surface area contributed by atoms with Gasteiger partial charge < -0.3 is 10.6 Å². The fourth-order valence-corrected chi connectivity index (χ4v) is 4.55. The maximum Gasteiger partial charge on any atom is 0.255 e. The molecule has 3 aromatic carbocycles. The van der Waals surface area contributed by atoms with Gasteiger partial charge in [0.05, 0.1) is 23.2 Å². The van der Waals surface area contributed by atoms with Crippen LogP contribution in [-0.2, 0) is 9.59 Å². The minimum Gasteiger partial charge on any atom is -0.326 e. The van der Waals surface area contributed by atoms with Crippen LogP contribution < -0.4 is 16.2 Å². The largest absolute Gasteiger partial charge is 0.326 e. The van der Waals surface area contributed by atoms with Gasteiger partial charge >= 0.3 is 0 Å². The van der Waals surface area contributed by atoms with Crippen molar-refractivity contribution in [2.45, 2.75) is 5.92 Å². The van der Waals surface area contributed by atoms with Crippen molar-refractivity contribution in [2.75, 3.05) is 10.6 Å². The Morgan fingerprint density at radius 1 is 0.806 bits per heavy atom. The van der Waals surface area contributed by atoms with E-state index in [1.807, 2.05) is 30.3 Å². The molecule has 8 heteroatoms. The fourth-order valence-electron chi connectivity index (χ4n) is 4.42. The highest BCUT2D eigenvalue weighted by Gasteiger charge is 2.59. The van der Waals surface area contributed by atoms with Crippen LogP contribution in [0, 0.1) is 17.7 Å². The first-order chi connectivity index (χ1) is 17.4. The van der Waals surface area contributed by atoms with Crippen LogP contribution in [-0.4, -0.2) is 16.4 Å². The number of hydrogen-bond donors (Lipinski definition) is 2. The third kappa shape index (κ3) is 4.78. The van der Waals surface area contributed by atoms with Crippen molar-refractivity contribution in [3.05, 3.63) is 124 Å². The second kappa shape index (κ2) is 9.79. The number of carbonyl (C=O) groups is 2. The van der Waals surface area contributed by atoms with Gasteiger partial charge in [-0.15, -0.1) is 0 Å². The Bertz CT molecular complexity index is 1490. The van der Waals surface area contributed by atoms with Crippen molar-refractivity contribution >= 4 is 34.8 Å². The van der Waals surface area contributed by atoms with Gasteiger partial charge in [0.15, 0.2) is 0 Å². The first-order valence-electron chi connectivity index (χ1n) is 11.3. The van der Waals surface area contributed by atoms with Gasteiger partial charge in [-0.25, -0.2) is 4.39 Å². The number of rotatable bonds is 6. The number of benzene rings is 3. The van der Waals surface area contributed by atoms with Crippen molar-refractivity contribution < 1.29 is 14.0 Å². The third-order valence-corrected chi connectivity index (χ3v) is 6.48. The molecule has 1 aliphatic carbocycles. The van der Waals surface area contributed by atoms with Gasteiger partial charge in [0.1, 0.15) is 5.82 Å². The van der Waals surface area contributed by atoms with Crippen molar-refractivity contribution in [1.29, 1.82) is 0 Å². The van der Waals surface area contributed by atoms with Crippen molar-refractivity contribution in [2.24, 2.45) is 11.8 Å². The summed E-state index contributed by atoms with van der Waals surface area (Å²) in [6.07, 6.45) is 1.54. The number of nitrogens with one attached hydrogen (secondary N) is 2. The van der Waals surface area contributed by atoms with E-state index in [1.165, 1.54) is 29.0 Å². The number of nitrogens with zero attached hydrogens (tertiary/aromatic N) is 1. The summed E-state index contributed by atoms with van der Waals surface area (Å²) < 4.78 is 16.2. The number of amides is 2. The van der Waals surface area contributed by atoms with Gasteiger partial charge in [-0.05, 0) is 48.0 Å². The van der Waals surface area contributed by atoms with Gasteiger partial charge in [-0.1, -0.05) is 48.0 Å². The zero-order valence-electron chi connectivity index (χ0n) is 18.9. The Labute approximate surface area is 211 Å². The molecule has 36 heavy (non-hydrogen) atoms. The minimum absolute atomic E-state index is 0.0247. The molecule has 0 aliphatic heterocycles. The van der Waals surface area contributed by atoms with Crippen LogP contribution in [0.25, 0.3) is 5.69 Å². The zero-order valence-corrected chi connectivity index (χ0v) is 19.7. The molecule has 1 saturated carbocycles. The van der Waals surface area contributed by atoms with Gasteiger partial charge in [-0.3, -0.25) is 19.0 Å². The molecule has 2 N–H and O–H groups in total. The van der Waals surface area contributed by atoms with E-state index in [4.69, 9.17) is 11.6 Å². The summed E-state index contributed by atoms with van der Waals surface area (Å²) in [5, 5.41) is 6.01. The van der Waals surface area contributed by atoms with E-state index in [0.717, 1.165) is 5.56 Å². The Morgan fingerprint density at radius 3 is 2.14 bits per heavy atom. The quantitative estimate of drug-likeness (QED) is 0.379. The number of pyridine rings is 1. The zero-order chi connectivity index (χ0) is 25.2. The van der Waals surface area contributed by atoms with Crippen LogP contribution >= 0.6 is 11.6 Å². The molecule has 0 bridgehead atoms. The number of aromatic nitrogens is 1. The second-order valence-electron chi connectivity index (χ2n) is 8.55. The van der Waals surface area contributed by atoms with E-state index in [2.05, 4.69) is 10.6 Å². The molecule has 1 heterocycles. The molecule has 2 amide bonds. The van der Waals surface area contributed by atoms with Crippen LogP contribution in [0.1, 0.15) is 11.5 Å². The molecule has 3 atom stereocenters. The smallest absolute Gasteiger partial charge is 0.255 e. The first-order valence-corrected chi connectivity index (χ1v) is 11.7. The SMILES string of the molecule is O=C(Nc1ccc(Cl)cc1)[C@@H]1[C@H](C(=O)Nc2ccc(-n3ccccc3=O)cc2F)[C@H]1c1ccccc1. The number of halogens is 2. The second-order valence-corrected chi connectivity index (χ2v) is 8.98. The van der Waals surface area contributed by atoms with Crippen LogP contribution in [0.15, 0.2) is 102 Å². The summed E-state index contributed by atoms with van der Waals surface area (Å²) in [4.78, 5) is 38.3. The van der Waals surface area contributed by atoms with E-state index >= 15 is 0 Å². The standard InChI is InChI=1S/C28H21ClFN3O3/c29-18-9-11-19(12-10-18)31-27(35)25-24(17-6-2-1-3-7-17)26(25)28(36)32-22-14-13-20(16-21(22)30)33-15-5-4-8-23(33)34/h1-16,24-26H,(H,31,35)(H,32,36)/t24-,25-,26+/m0/s1. The molecule has 0 radical (unpaired) electrons. The monoisotopic (exact) mass is 501 g/mol. The van der Waals surface area contributed by atoms with Crippen molar-refractivity contribution in [3.63, 3.8) is 0 Å². The molecule has 1 fully saturated rings. The van der Waals surface area contributed by atoms with E-state index in [0.29, 0.717) is 16.4 Å². The normalized spacial score (nSPS) is 18.3. The summed E-state index contributed by atoms with van der Waals surface area (Å²) in [6, 6.07) is 24.8. The Hall–Kier alpha value is -4.23. The average Bonchev–Trinajstić information content (AvgIpc) is 3.64. The van der Waals surface area contributed by atoms with Crippen LogP contribution in [0.4, 0.5) is 15.8 Å². The Balaban J connectivity index is 1.36. The Morgan fingerprint density at radius 2 is 1.47 bits per heavy atom. The number of anilines is 2. The molecule has 0 spiro atoms. The minimum atomic E-state index is -0.685. The molecule has 1 aromatic heterocycles. The van der Waals surface area contributed by atoms with E-state index in [1.54, 1.807) is 42.5 Å². The maximum absolute atomic E-state index is 14.9. The summed E-state index contributed by atoms with van der Waals surface area (Å²) in [5.74, 6) is -3.07. The lowest BCUT2D eigenvalue weighted by atomic mass is 10.1. The number of carbonyl (C=O) groups excluding carboxylic acids is 2. The molecule has 6 nitrogen and oxygen atoms in total. The van der Waals surface area contributed by atoms with Crippen LogP contribution in [0.5, 0.6) is 0 Å². The molecular formula is C28H21ClFN3O3. The molecule has 5 rings (SSSR count). The molecule has 0 saturated heterocycles. The highest BCUT2D eigenvalue weighted by atomic mass is 35.5. The molecular weight excluding hydrogens is 481 g/mol. The average molecular weight is 502 g/mol. The maximum atomic E-state index is 14.9. The number of hydrogen-bond acceptors (Lipinski definition) is 3. The van der Waals surface area contributed by atoms with Gasteiger partial charge in [0.2, 0.25) is 11.8 Å². The lowest BCUT2D eigenvalue weighted by Crippen LogP contribution is -2.21. The van der Waals surface area contributed by atoms with Gasteiger partial charge in [-0.2, -0.15) is 0 Å². The highest BCUT2D eigenvalue weighted by Crippen LogP contribution is 2.55. The molecule has 180 valence electrons. The van der Waals surface area contributed by atoms with Crippen LogP contribution in [0.3, 0.4) is 0 Å². The van der Waals surface area contributed by atoms with Crippen LogP contribution in [0.2, 0.25) is 5.02 Å². The van der Waals surface area contributed by atoms with E-state index < -0.39 is 23.6 Å². The predicted octanol–water partition coefficient (Wildman–Crippen LogP) is 5.24. The first kappa shape index (κ1) is 23.5. The van der Waals surface area contributed by atoms with E-state index in [9.17, 15) is 18.8 Å².